The molecule has 2 aromatic carbocycles. The zero-order valence-electron chi connectivity index (χ0n) is 16.1. The summed E-state index contributed by atoms with van der Waals surface area (Å²) in [6, 6.07) is 13.9. The first kappa shape index (κ1) is 24.1. The molecule has 0 amide bonds. The van der Waals surface area contributed by atoms with Crippen molar-refractivity contribution in [1.82, 2.24) is 10.2 Å². The first-order valence-electron chi connectivity index (χ1n) is 8.69. The van der Waals surface area contributed by atoms with Gasteiger partial charge in [-0.25, -0.2) is 9.59 Å². The third-order valence-corrected chi connectivity index (χ3v) is 4.49. The van der Waals surface area contributed by atoms with Gasteiger partial charge < -0.3 is 14.9 Å². The highest BCUT2D eigenvalue weighted by Gasteiger charge is 2.09. The van der Waals surface area contributed by atoms with Crippen LogP contribution in [0.15, 0.2) is 79.7 Å². The van der Waals surface area contributed by atoms with E-state index >= 15 is 0 Å². The molecule has 1 heterocycles. The first-order valence-corrected chi connectivity index (χ1v) is 10.3. The van der Waals surface area contributed by atoms with Crippen molar-refractivity contribution in [3.05, 3.63) is 75.1 Å². The van der Waals surface area contributed by atoms with E-state index in [2.05, 4.69) is 57.0 Å². The maximum absolute atomic E-state index is 11.2. The predicted molar refractivity (Wildman–Crippen MR) is 120 cm³/mol. The van der Waals surface area contributed by atoms with E-state index in [1.54, 1.807) is 43.3 Å². The smallest absolute Gasteiger partial charge is 0.362 e. The summed E-state index contributed by atoms with van der Waals surface area (Å²) in [7, 11) is 0. The molecule has 3 rings (SSSR count). The molecule has 0 aliphatic rings. The van der Waals surface area contributed by atoms with Gasteiger partial charge in [0.05, 0.1) is 17.8 Å². The summed E-state index contributed by atoms with van der Waals surface area (Å²) in [5.74, 6) is -1.78. The highest BCUT2D eigenvalue weighted by Crippen LogP contribution is 2.19. The lowest BCUT2D eigenvalue weighted by atomic mass is 10.2. The van der Waals surface area contributed by atoms with E-state index in [4.69, 9.17) is 10.2 Å². The molecule has 0 fully saturated rings. The SMILES string of the molecule is CCOC(=O)/C(=C\O)N=Nc1ccc(Br)cc1.O=C(O)c1cc2cc(Br)ccc2nn1. The van der Waals surface area contributed by atoms with Crippen molar-refractivity contribution < 1.29 is 24.5 Å². The van der Waals surface area contributed by atoms with Gasteiger partial charge in [-0.1, -0.05) is 31.9 Å². The van der Waals surface area contributed by atoms with Gasteiger partial charge in [-0.2, -0.15) is 5.11 Å². The topological polar surface area (TPSA) is 134 Å². The van der Waals surface area contributed by atoms with E-state index in [0.717, 1.165) is 14.3 Å². The Morgan fingerprint density at radius 2 is 1.74 bits per heavy atom. The number of aliphatic hydroxyl groups excluding tert-OH is 1. The molecular formula is C20H16Br2N4O5. The Morgan fingerprint density at radius 1 is 1.06 bits per heavy atom. The van der Waals surface area contributed by atoms with Crippen LogP contribution in [0.4, 0.5) is 5.69 Å². The van der Waals surface area contributed by atoms with Crippen molar-refractivity contribution in [3.8, 4) is 0 Å². The molecule has 1 aromatic heterocycles. The van der Waals surface area contributed by atoms with Crippen LogP contribution in [0.25, 0.3) is 10.9 Å². The molecule has 11 heteroatoms. The van der Waals surface area contributed by atoms with Crippen LogP contribution >= 0.6 is 31.9 Å². The number of carboxylic acid groups (broad SMARTS) is 1. The summed E-state index contributed by atoms with van der Waals surface area (Å²) in [5, 5.41) is 33.0. The molecular weight excluding hydrogens is 536 g/mol. The number of aromatic carboxylic acids is 1. The number of hydrogen-bond acceptors (Lipinski definition) is 8. The number of halogens is 2. The Hall–Kier alpha value is -3.18. The van der Waals surface area contributed by atoms with Gasteiger partial charge in [0.2, 0.25) is 5.70 Å². The maximum Gasteiger partial charge on any atom is 0.362 e. The molecule has 0 saturated heterocycles. The predicted octanol–water partition coefficient (Wildman–Crippen LogP) is 5.59. The number of ether oxygens (including phenoxy) is 1. The third kappa shape index (κ3) is 7.54. The summed E-state index contributed by atoms with van der Waals surface area (Å²) in [4.78, 5) is 21.9. The number of azo groups is 1. The van der Waals surface area contributed by atoms with E-state index in [0.29, 0.717) is 17.5 Å². The number of aliphatic hydroxyl groups is 1. The van der Waals surface area contributed by atoms with Crippen molar-refractivity contribution in [1.29, 1.82) is 0 Å². The second kappa shape index (κ2) is 11.9. The molecule has 0 atom stereocenters. The Morgan fingerprint density at radius 3 is 2.35 bits per heavy atom. The fourth-order valence-corrected chi connectivity index (χ4v) is 2.71. The van der Waals surface area contributed by atoms with E-state index < -0.39 is 11.9 Å². The van der Waals surface area contributed by atoms with Crippen LogP contribution in [0.3, 0.4) is 0 Å². The lowest BCUT2D eigenvalue weighted by Gasteiger charge is -1.99. The van der Waals surface area contributed by atoms with Gasteiger partial charge in [0.15, 0.2) is 5.69 Å². The third-order valence-electron chi connectivity index (χ3n) is 3.47. The summed E-state index contributed by atoms with van der Waals surface area (Å²) in [6.45, 7) is 1.88. The number of carbonyl (C=O) groups excluding carboxylic acids is 1. The van der Waals surface area contributed by atoms with Crippen molar-refractivity contribution in [2.45, 2.75) is 6.92 Å². The molecule has 2 N–H and O–H groups in total. The zero-order chi connectivity index (χ0) is 22.8. The summed E-state index contributed by atoms with van der Waals surface area (Å²) < 4.78 is 6.47. The molecule has 160 valence electrons. The number of esters is 1. The molecule has 0 spiro atoms. The Bertz CT molecular complexity index is 1130. The molecule has 0 bridgehead atoms. The maximum atomic E-state index is 11.2. The average molecular weight is 552 g/mol. The zero-order valence-corrected chi connectivity index (χ0v) is 19.2. The lowest BCUT2D eigenvalue weighted by molar-refractivity contribution is -0.138. The van der Waals surface area contributed by atoms with Crippen molar-refractivity contribution in [2.24, 2.45) is 10.2 Å². The Balaban J connectivity index is 0.000000224. The minimum atomic E-state index is -1.07. The van der Waals surface area contributed by atoms with E-state index in [9.17, 15) is 9.59 Å². The number of nitrogens with zero attached hydrogens (tertiary/aromatic N) is 4. The van der Waals surface area contributed by atoms with Crippen molar-refractivity contribution >= 4 is 60.4 Å². The highest BCUT2D eigenvalue weighted by molar-refractivity contribution is 9.10. The van der Waals surface area contributed by atoms with Crippen LogP contribution in [-0.4, -0.2) is 39.0 Å². The van der Waals surface area contributed by atoms with Crippen molar-refractivity contribution in [2.75, 3.05) is 6.61 Å². The summed E-state index contributed by atoms with van der Waals surface area (Å²) in [6.07, 6.45) is 0.570. The number of carbonyl (C=O) groups is 2. The molecule has 0 aliphatic heterocycles. The number of aromatic nitrogens is 2. The molecule has 31 heavy (non-hydrogen) atoms. The fraction of sp³-hybridized carbons (Fsp3) is 0.100. The van der Waals surface area contributed by atoms with Gasteiger partial charge in [-0.15, -0.1) is 15.3 Å². The molecule has 0 radical (unpaired) electrons. The Labute approximate surface area is 193 Å². The van der Waals surface area contributed by atoms with Crippen LogP contribution in [0.5, 0.6) is 0 Å². The van der Waals surface area contributed by atoms with Crippen LogP contribution < -0.4 is 0 Å². The van der Waals surface area contributed by atoms with Gasteiger partial charge in [0, 0.05) is 14.3 Å². The van der Waals surface area contributed by atoms with Gasteiger partial charge >= 0.3 is 11.9 Å². The van der Waals surface area contributed by atoms with Crippen LogP contribution in [0, 0.1) is 0 Å². The second-order valence-corrected chi connectivity index (χ2v) is 7.48. The first-order chi connectivity index (χ1) is 14.8. The largest absolute Gasteiger partial charge is 0.513 e. The molecule has 0 unspecified atom stereocenters. The number of carboxylic acids is 1. The summed E-state index contributed by atoms with van der Waals surface area (Å²) in [5.41, 5.74) is 0.959. The van der Waals surface area contributed by atoms with Crippen LogP contribution in [0.1, 0.15) is 17.4 Å². The summed E-state index contributed by atoms with van der Waals surface area (Å²) >= 11 is 6.58. The van der Waals surface area contributed by atoms with E-state index in [1.165, 1.54) is 6.07 Å². The molecule has 0 saturated carbocycles. The molecule has 3 aromatic rings. The lowest BCUT2D eigenvalue weighted by Crippen LogP contribution is -2.05. The van der Waals surface area contributed by atoms with Crippen molar-refractivity contribution in [3.63, 3.8) is 0 Å². The quantitative estimate of drug-likeness (QED) is 0.183. The normalized spacial score (nSPS) is 11.1. The average Bonchev–Trinajstić information content (AvgIpc) is 2.75. The number of benzene rings is 2. The van der Waals surface area contributed by atoms with E-state index in [-0.39, 0.29) is 18.0 Å². The minimum absolute atomic E-state index is 0.0457. The Kier molecular flexibility index (Phi) is 9.22. The van der Waals surface area contributed by atoms with Gasteiger partial charge in [-0.05, 0) is 55.5 Å². The van der Waals surface area contributed by atoms with Crippen LogP contribution in [-0.2, 0) is 9.53 Å². The van der Waals surface area contributed by atoms with Gasteiger partial charge in [0.25, 0.3) is 0 Å². The van der Waals surface area contributed by atoms with E-state index in [1.807, 2.05) is 6.07 Å². The number of rotatable bonds is 5. The molecule has 9 nitrogen and oxygen atoms in total. The highest BCUT2D eigenvalue weighted by atomic mass is 79.9. The fourth-order valence-electron chi connectivity index (χ4n) is 2.06. The minimum Gasteiger partial charge on any atom is -0.513 e. The second-order valence-electron chi connectivity index (χ2n) is 5.65. The number of hydrogen-bond donors (Lipinski definition) is 2. The monoisotopic (exact) mass is 550 g/mol. The van der Waals surface area contributed by atoms with Gasteiger partial charge in [-0.3, -0.25) is 0 Å². The number of fused-ring (bicyclic) bond motifs is 1. The van der Waals surface area contributed by atoms with Gasteiger partial charge in [0.1, 0.15) is 6.26 Å². The standard InChI is InChI=1S/C11H11BrN2O3.C9H5BrN2O2/c1-2-17-11(16)10(7-15)14-13-9-5-3-8(12)4-6-9;10-6-1-2-7-5(3-6)4-8(9(13)14)12-11-7/h3-7,15H,2H2,1H3;1-4H,(H,13,14)/b10-7+,14-13?;. The van der Waals surface area contributed by atoms with Crippen LogP contribution in [0.2, 0.25) is 0 Å². The molecule has 0 aliphatic carbocycles.